The molecule has 9 heteroatoms. The van der Waals surface area contributed by atoms with E-state index in [0.29, 0.717) is 10.3 Å². The number of hydrogen-bond acceptors (Lipinski definition) is 5. The lowest BCUT2D eigenvalue weighted by Crippen LogP contribution is -2.31. The van der Waals surface area contributed by atoms with E-state index in [-0.39, 0.29) is 14.5 Å². The van der Waals surface area contributed by atoms with Gasteiger partial charge in [-0.2, -0.15) is 11.8 Å². The Balaban J connectivity index is 2.17. The van der Waals surface area contributed by atoms with Gasteiger partial charge in [0.25, 0.3) is 0 Å². The molecule has 0 aromatic carbocycles. The summed E-state index contributed by atoms with van der Waals surface area (Å²) in [6.45, 7) is 0.376. The zero-order valence-corrected chi connectivity index (χ0v) is 14.0. The Labute approximate surface area is 128 Å². The van der Waals surface area contributed by atoms with Gasteiger partial charge in [0.05, 0.1) is 3.79 Å². The number of halogens is 1. The molecule has 0 bridgehead atoms. The molecule has 0 radical (unpaired) electrons. The summed E-state index contributed by atoms with van der Waals surface area (Å²) in [7, 11) is -3.67. The van der Waals surface area contributed by atoms with E-state index in [9.17, 15) is 13.2 Å². The van der Waals surface area contributed by atoms with E-state index in [0.717, 1.165) is 24.2 Å². The van der Waals surface area contributed by atoms with Crippen molar-refractivity contribution in [1.82, 2.24) is 4.72 Å². The van der Waals surface area contributed by atoms with Crippen LogP contribution in [0.25, 0.3) is 0 Å². The van der Waals surface area contributed by atoms with Crippen molar-refractivity contribution in [2.24, 2.45) is 0 Å². The van der Waals surface area contributed by atoms with Gasteiger partial charge in [0, 0.05) is 11.3 Å². The largest absolute Gasteiger partial charge is 0.477 e. The summed E-state index contributed by atoms with van der Waals surface area (Å²) in [5.41, 5.74) is 0. The quantitative estimate of drug-likeness (QED) is 0.785. The summed E-state index contributed by atoms with van der Waals surface area (Å²) >= 11 is 5.66. The van der Waals surface area contributed by atoms with Gasteiger partial charge in [-0.25, -0.2) is 17.9 Å². The minimum Gasteiger partial charge on any atom is -0.477 e. The topological polar surface area (TPSA) is 83.5 Å². The van der Waals surface area contributed by atoms with Crippen LogP contribution in [-0.4, -0.2) is 37.0 Å². The van der Waals surface area contributed by atoms with Gasteiger partial charge in [-0.15, -0.1) is 11.3 Å². The maximum Gasteiger partial charge on any atom is 0.345 e. The van der Waals surface area contributed by atoms with Crippen LogP contribution in [0.5, 0.6) is 0 Å². The molecule has 1 aromatic heterocycles. The van der Waals surface area contributed by atoms with E-state index in [1.807, 2.05) is 6.26 Å². The predicted molar refractivity (Wildman–Crippen MR) is 79.6 cm³/mol. The molecule has 5 nitrogen and oxygen atoms in total. The Kier molecular flexibility index (Phi) is 4.32. The predicted octanol–water partition coefficient (Wildman–Crippen LogP) is 2.38. The maximum absolute atomic E-state index is 12.1. The Bertz CT molecular complexity index is 606. The maximum atomic E-state index is 12.1. The number of sulfonamides is 1. The van der Waals surface area contributed by atoms with Crippen LogP contribution in [0.4, 0.5) is 0 Å². The first-order valence-electron chi connectivity index (χ1n) is 5.37. The second-order valence-corrected chi connectivity index (χ2v) is 9.65. The Morgan fingerprint density at radius 2 is 2.26 bits per heavy atom. The highest BCUT2D eigenvalue weighted by molar-refractivity contribution is 9.11. The Hall–Kier alpha value is -0.0900. The van der Waals surface area contributed by atoms with Gasteiger partial charge in [0.15, 0.2) is 0 Å². The Morgan fingerprint density at radius 1 is 1.63 bits per heavy atom. The molecule has 0 aliphatic heterocycles. The fourth-order valence-electron chi connectivity index (χ4n) is 1.54. The monoisotopic (exact) mass is 385 g/mol. The van der Waals surface area contributed by atoms with Crippen molar-refractivity contribution in [2.75, 3.05) is 12.8 Å². The summed E-state index contributed by atoms with van der Waals surface area (Å²) in [6, 6.07) is 1.18. The van der Waals surface area contributed by atoms with Crippen LogP contribution in [-0.2, 0) is 10.0 Å². The minimum absolute atomic E-state index is 0.00162. The molecule has 1 fully saturated rings. The summed E-state index contributed by atoms with van der Waals surface area (Å²) < 4.78 is 27.2. The molecule has 1 aromatic rings. The lowest BCUT2D eigenvalue weighted by atomic mass is 10.4. The molecule has 1 aliphatic carbocycles. The van der Waals surface area contributed by atoms with Crippen molar-refractivity contribution in [3.63, 3.8) is 0 Å². The lowest BCUT2D eigenvalue weighted by Gasteiger charge is -2.12. The number of rotatable bonds is 6. The van der Waals surface area contributed by atoms with Crippen LogP contribution >= 0.6 is 39.0 Å². The lowest BCUT2D eigenvalue weighted by molar-refractivity contribution is 0.0702. The third kappa shape index (κ3) is 3.33. The second kappa shape index (κ2) is 5.36. The number of thiophene rings is 1. The summed E-state index contributed by atoms with van der Waals surface area (Å²) in [5.74, 6) is -1.13. The van der Waals surface area contributed by atoms with Gasteiger partial charge >= 0.3 is 5.97 Å². The number of carbonyl (C=O) groups is 1. The molecule has 1 aliphatic rings. The molecule has 1 saturated carbocycles. The van der Waals surface area contributed by atoms with Crippen LogP contribution in [0.2, 0.25) is 0 Å². The number of aromatic carboxylic acids is 1. The first kappa shape index (κ1) is 15.3. The van der Waals surface area contributed by atoms with Crippen molar-refractivity contribution >= 4 is 55.0 Å². The van der Waals surface area contributed by atoms with Crippen LogP contribution in [0.15, 0.2) is 14.7 Å². The van der Waals surface area contributed by atoms with Crippen molar-refractivity contribution in [1.29, 1.82) is 0 Å². The molecule has 0 spiro atoms. The van der Waals surface area contributed by atoms with E-state index < -0.39 is 16.0 Å². The zero-order chi connectivity index (χ0) is 14.3. The zero-order valence-electron chi connectivity index (χ0n) is 9.97. The fourth-order valence-corrected chi connectivity index (χ4v) is 5.88. The minimum atomic E-state index is -3.67. The van der Waals surface area contributed by atoms with Crippen LogP contribution < -0.4 is 4.72 Å². The molecule has 106 valence electrons. The molecular weight excluding hydrogens is 374 g/mol. The van der Waals surface area contributed by atoms with E-state index in [1.165, 1.54) is 6.07 Å². The molecule has 0 atom stereocenters. The van der Waals surface area contributed by atoms with Crippen LogP contribution in [0.3, 0.4) is 0 Å². The molecule has 2 N–H and O–H groups in total. The molecule has 19 heavy (non-hydrogen) atoms. The highest BCUT2D eigenvalue weighted by atomic mass is 79.9. The number of carboxylic acid groups (broad SMARTS) is 1. The van der Waals surface area contributed by atoms with Gasteiger partial charge in [-0.05, 0) is 41.1 Å². The first-order chi connectivity index (χ1) is 8.80. The van der Waals surface area contributed by atoms with Gasteiger partial charge in [0.1, 0.15) is 9.77 Å². The van der Waals surface area contributed by atoms with Crippen molar-refractivity contribution in [3.8, 4) is 0 Å². The SMILES string of the molecule is CSC1(CNS(=O)(=O)c2cc(C(=O)O)sc2Br)CC1. The summed E-state index contributed by atoms with van der Waals surface area (Å²) in [5, 5.41) is 8.87. The third-order valence-corrected chi connectivity index (χ3v) is 8.04. The number of nitrogens with one attached hydrogen (secondary N) is 1. The average molecular weight is 386 g/mol. The van der Waals surface area contributed by atoms with Crippen LogP contribution in [0.1, 0.15) is 22.5 Å². The average Bonchev–Trinajstić information content (AvgIpc) is 3.02. The Morgan fingerprint density at radius 3 is 2.68 bits per heavy atom. The van der Waals surface area contributed by atoms with Crippen molar-refractivity contribution < 1.29 is 18.3 Å². The number of carboxylic acids is 1. The summed E-state index contributed by atoms with van der Waals surface area (Å²) in [4.78, 5) is 10.8. The van der Waals surface area contributed by atoms with Gasteiger partial charge in [-0.1, -0.05) is 0 Å². The number of hydrogen-bond donors (Lipinski definition) is 2. The number of thioether (sulfide) groups is 1. The second-order valence-electron chi connectivity index (χ2n) is 4.27. The molecule has 0 amide bonds. The van der Waals surface area contributed by atoms with Crippen molar-refractivity contribution in [3.05, 3.63) is 14.7 Å². The van der Waals surface area contributed by atoms with Crippen molar-refractivity contribution in [2.45, 2.75) is 22.5 Å². The van der Waals surface area contributed by atoms with E-state index in [1.54, 1.807) is 11.8 Å². The first-order valence-corrected chi connectivity index (χ1v) is 9.69. The van der Waals surface area contributed by atoms with Gasteiger partial charge < -0.3 is 5.11 Å². The van der Waals surface area contributed by atoms with E-state index in [4.69, 9.17) is 5.11 Å². The highest BCUT2D eigenvalue weighted by Gasteiger charge is 2.42. The van der Waals surface area contributed by atoms with E-state index >= 15 is 0 Å². The molecular formula is C10H12BrNO4S3. The van der Waals surface area contributed by atoms with Gasteiger partial charge in [-0.3, -0.25) is 0 Å². The summed E-state index contributed by atoms with van der Waals surface area (Å²) in [6.07, 6.45) is 3.97. The fraction of sp³-hybridized carbons (Fsp3) is 0.500. The third-order valence-electron chi connectivity index (χ3n) is 2.98. The highest BCUT2D eigenvalue weighted by Crippen LogP contribution is 2.46. The smallest absolute Gasteiger partial charge is 0.345 e. The van der Waals surface area contributed by atoms with Gasteiger partial charge in [0.2, 0.25) is 10.0 Å². The normalized spacial score (nSPS) is 17.4. The molecule has 0 saturated heterocycles. The molecule has 1 heterocycles. The van der Waals surface area contributed by atoms with E-state index in [2.05, 4.69) is 20.7 Å². The molecule has 0 unspecified atom stereocenters. The standard InChI is InChI=1S/C10H12BrNO4S3/c1-17-10(2-3-10)5-12-19(15,16)7-4-6(9(13)14)18-8(7)11/h4,12H,2-3,5H2,1H3,(H,13,14). The van der Waals surface area contributed by atoms with Crippen LogP contribution in [0, 0.1) is 0 Å². The molecule has 2 rings (SSSR count).